The first-order valence-electron chi connectivity index (χ1n) is 12.9. The monoisotopic (exact) mass is 528 g/mol. The Kier molecular flexibility index (Phi) is 7.38. The lowest BCUT2D eigenvalue weighted by molar-refractivity contribution is 0.236. The van der Waals surface area contributed by atoms with Gasteiger partial charge in [-0.2, -0.15) is 0 Å². The highest BCUT2D eigenvalue weighted by atomic mass is 32.1. The molecular formula is C31H32N2O4S. The SMILES string of the molecule is CCOc1cc(C=c2sc3nc4ccccc4n3c2=O)ccc1OCCCOc1ccc(C(C)(C)C)cc1. The Morgan fingerprint density at radius 2 is 1.68 bits per heavy atom. The summed E-state index contributed by atoms with van der Waals surface area (Å²) in [5, 5.41) is 0. The number of benzene rings is 3. The molecule has 2 aromatic heterocycles. The zero-order valence-electron chi connectivity index (χ0n) is 22.2. The van der Waals surface area contributed by atoms with Crippen LogP contribution in [0.5, 0.6) is 17.2 Å². The Morgan fingerprint density at radius 1 is 0.921 bits per heavy atom. The van der Waals surface area contributed by atoms with E-state index in [0.717, 1.165) is 28.8 Å². The Balaban J connectivity index is 1.24. The summed E-state index contributed by atoms with van der Waals surface area (Å²) in [7, 11) is 0. The summed E-state index contributed by atoms with van der Waals surface area (Å²) >= 11 is 1.38. The van der Waals surface area contributed by atoms with Crippen LogP contribution in [0.15, 0.2) is 71.5 Å². The molecule has 0 spiro atoms. The fourth-order valence-electron chi connectivity index (χ4n) is 4.25. The van der Waals surface area contributed by atoms with Crippen LogP contribution in [-0.4, -0.2) is 29.2 Å². The van der Waals surface area contributed by atoms with Gasteiger partial charge in [0.05, 0.1) is 35.4 Å². The third-order valence-corrected chi connectivity index (χ3v) is 7.21. The second-order valence-electron chi connectivity index (χ2n) is 10.1. The fraction of sp³-hybridized carbons (Fsp3) is 0.290. The van der Waals surface area contributed by atoms with Gasteiger partial charge in [-0.05, 0) is 65.9 Å². The van der Waals surface area contributed by atoms with Crippen LogP contribution in [0.3, 0.4) is 0 Å². The lowest BCUT2D eigenvalue weighted by atomic mass is 9.87. The van der Waals surface area contributed by atoms with Crippen LogP contribution in [0.4, 0.5) is 0 Å². The number of hydrogen-bond acceptors (Lipinski definition) is 6. The molecule has 5 rings (SSSR count). The number of rotatable bonds is 9. The van der Waals surface area contributed by atoms with Crippen molar-refractivity contribution in [3.05, 3.63) is 92.7 Å². The van der Waals surface area contributed by atoms with E-state index in [1.165, 1.54) is 16.9 Å². The molecule has 0 fully saturated rings. The molecule has 6 nitrogen and oxygen atoms in total. The number of ether oxygens (including phenoxy) is 3. The summed E-state index contributed by atoms with van der Waals surface area (Å²) in [4.78, 5) is 18.4. The molecule has 3 aromatic carbocycles. The van der Waals surface area contributed by atoms with E-state index in [4.69, 9.17) is 14.2 Å². The van der Waals surface area contributed by atoms with E-state index in [9.17, 15) is 4.79 Å². The zero-order chi connectivity index (χ0) is 26.7. The van der Waals surface area contributed by atoms with Crippen LogP contribution >= 0.6 is 11.3 Å². The van der Waals surface area contributed by atoms with Gasteiger partial charge in [0, 0.05) is 6.42 Å². The second kappa shape index (κ2) is 10.9. The third-order valence-electron chi connectivity index (χ3n) is 6.25. The topological polar surface area (TPSA) is 62.1 Å². The highest BCUT2D eigenvalue weighted by Crippen LogP contribution is 2.29. The van der Waals surface area contributed by atoms with Crippen molar-refractivity contribution in [3.8, 4) is 17.2 Å². The number of nitrogens with zero attached hydrogens (tertiary/aromatic N) is 2. The molecule has 0 saturated carbocycles. The maximum atomic E-state index is 13.1. The first-order valence-corrected chi connectivity index (χ1v) is 13.7. The van der Waals surface area contributed by atoms with Gasteiger partial charge in [-0.1, -0.05) is 62.4 Å². The van der Waals surface area contributed by atoms with Gasteiger partial charge in [0.2, 0.25) is 0 Å². The van der Waals surface area contributed by atoms with Gasteiger partial charge in [-0.15, -0.1) is 0 Å². The van der Waals surface area contributed by atoms with E-state index in [1.54, 1.807) is 4.40 Å². The van der Waals surface area contributed by atoms with Gasteiger partial charge in [0.1, 0.15) is 5.75 Å². The predicted molar refractivity (Wildman–Crippen MR) is 154 cm³/mol. The van der Waals surface area contributed by atoms with E-state index >= 15 is 0 Å². The van der Waals surface area contributed by atoms with Crippen LogP contribution in [0.25, 0.3) is 22.1 Å². The number of hydrogen-bond donors (Lipinski definition) is 0. The first-order chi connectivity index (χ1) is 18.3. The summed E-state index contributed by atoms with van der Waals surface area (Å²) in [6.07, 6.45) is 2.62. The molecule has 0 radical (unpaired) electrons. The highest BCUT2D eigenvalue weighted by molar-refractivity contribution is 7.15. The van der Waals surface area contributed by atoms with E-state index in [1.807, 2.05) is 67.6 Å². The molecular weight excluding hydrogens is 496 g/mol. The standard InChI is InChI=1S/C31H32N2O4S/c1-5-35-27-19-21(20-28-29(34)33-25-10-7-6-9-24(25)32-30(33)38-28)11-16-26(27)37-18-8-17-36-23-14-12-22(13-15-23)31(2,3)4/h6-7,9-16,19-20H,5,8,17-18H2,1-4H3. The number of para-hydroxylation sites is 2. The number of fused-ring (bicyclic) bond motifs is 3. The van der Waals surface area contributed by atoms with E-state index < -0.39 is 0 Å². The van der Waals surface area contributed by atoms with Crippen LogP contribution in [0.2, 0.25) is 0 Å². The van der Waals surface area contributed by atoms with Gasteiger partial charge in [0.25, 0.3) is 5.56 Å². The minimum absolute atomic E-state index is 0.0648. The molecule has 7 heteroatoms. The highest BCUT2D eigenvalue weighted by Gasteiger charge is 2.13. The molecule has 0 saturated heterocycles. The van der Waals surface area contributed by atoms with Gasteiger partial charge in [-0.3, -0.25) is 4.79 Å². The normalized spacial score (nSPS) is 12.4. The molecule has 0 atom stereocenters. The van der Waals surface area contributed by atoms with Crippen molar-refractivity contribution in [2.75, 3.05) is 19.8 Å². The lowest BCUT2D eigenvalue weighted by Gasteiger charge is -2.19. The Morgan fingerprint density at radius 3 is 2.45 bits per heavy atom. The minimum Gasteiger partial charge on any atom is -0.493 e. The maximum absolute atomic E-state index is 13.1. The molecule has 2 heterocycles. The van der Waals surface area contributed by atoms with Gasteiger partial charge >= 0.3 is 0 Å². The minimum atomic E-state index is -0.0648. The molecule has 196 valence electrons. The lowest BCUT2D eigenvalue weighted by Crippen LogP contribution is -2.22. The smallest absolute Gasteiger partial charge is 0.274 e. The second-order valence-corrected chi connectivity index (χ2v) is 11.1. The summed E-state index contributed by atoms with van der Waals surface area (Å²) in [5.74, 6) is 2.19. The summed E-state index contributed by atoms with van der Waals surface area (Å²) in [5.41, 5.74) is 3.87. The molecule has 0 aliphatic rings. The quantitative estimate of drug-likeness (QED) is 0.220. The van der Waals surface area contributed by atoms with Crippen LogP contribution in [-0.2, 0) is 5.41 Å². The molecule has 0 amide bonds. The molecule has 0 unspecified atom stereocenters. The van der Waals surface area contributed by atoms with Crippen molar-refractivity contribution >= 4 is 33.4 Å². The maximum Gasteiger partial charge on any atom is 0.274 e. The third kappa shape index (κ3) is 5.53. The fourth-order valence-corrected chi connectivity index (χ4v) is 5.23. The number of imidazole rings is 1. The van der Waals surface area contributed by atoms with Gasteiger partial charge < -0.3 is 14.2 Å². The van der Waals surface area contributed by atoms with Crippen molar-refractivity contribution in [2.24, 2.45) is 0 Å². The van der Waals surface area contributed by atoms with Gasteiger partial charge in [0.15, 0.2) is 16.5 Å². The van der Waals surface area contributed by atoms with E-state index in [2.05, 4.69) is 37.9 Å². The molecule has 0 aliphatic carbocycles. The van der Waals surface area contributed by atoms with Crippen molar-refractivity contribution in [3.63, 3.8) is 0 Å². The van der Waals surface area contributed by atoms with Crippen molar-refractivity contribution in [2.45, 2.75) is 39.5 Å². The average molecular weight is 529 g/mol. The largest absolute Gasteiger partial charge is 0.493 e. The van der Waals surface area contributed by atoms with Crippen molar-refractivity contribution in [1.82, 2.24) is 9.38 Å². The summed E-state index contributed by atoms with van der Waals surface area (Å²) in [6, 6.07) is 21.7. The van der Waals surface area contributed by atoms with Crippen molar-refractivity contribution in [1.29, 1.82) is 0 Å². The Bertz CT molecular complexity index is 1660. The number of thiazole rings is 1. The predicted octanol–water partition coefficient (Wildman–Crippen LogP) is 6.00. The molecule has 0 bridgehead atoms. The van der Waals surface area contributed by atoms with Crippen molar-refractivity contribution < 1.29 is 14.2 Å². The van der Waals surface area contributed by atoms with Gasteiger partial charge in [-0.25, -0.2) is 9.38 Å². The van der Waals surface area contributed by atoms with E-state index in [-0.39, 0.29) is 11.0 Å². The molecule has 0 aliphatic heterocycles. The van der Waals surface area contributed by atoms with Crippen LogP contribution < -0.4 is 24.3 Å². The molecule has 38 heavy (non-hydrogen) atoms. The summed E-state index contributed by atoms with van der Waals surface area (Å²) in [6.45, 7) is 10.1. The zero-order valence-corrected chi connectivity index (χ0v) is 23.0. The van der Waals surface area contributed by atoms with Crippen LogP contribution in [0, 0.1) is 0 Å². The average Bonchev–Trinajstić information content (AvgIpc) is 3.40. The molecule has 0 N–H and O–H groups in total. The van der Waals surface area contributed by atoms with Crippen LogP contribution in [0.1, 0.15) is 45.2 Å². The first kappa shape index (κ1) is 25.8. The Hall–Kier alpha value is -3.84. The summed E-state index contributed by atoms with van der Waals surface area (Å²) < 4.78 is 20.0. The molecule has 5 aromatic rings. The number of aromatic nitrogens is 2. The van der Waals surface area contributed by atoms with E-state index in [0.29, 0.717) is 40.8 Å². The Labute approximate surface area is 226 Å².